The third-order valence-electron chi connectivity index (χ3n) is 2.58. The molecular formula is C13H8Cl2N2OS. The second-order valence-electron chi connectivity index (χ2n) is 3.73. The summed E-state index contributed by atoms with van der Waals surface area (Å²) in [5, 5.41) is 9.05. The summed E-state index contributed by atoms with van der Waals surface area (Å²) in [5.41, 5.74) is 1.30. The molecule has 0 aliphatic heterocycles. The van der Waals surface area contributed by atoms with Crippen LogP contribution in [0.1, 0.15) is 15.9 Å². The maximum Gasteiger partial charge on any atom is 0.260 e. The van der Waals surface area contributed by atoms with Crippen molar-refractivity contribution < 1.29 is 4.79 Å². The lowest BCUT2D eigenvalue weighted by Crippen LogP contribution is -2.26. The Kier molecular flexibility index (Phi) is 4.11. The fourth-order valence-electron chi connectivity index (χ4n) is 1.64. The predicted octanol–water partition coefficient (Wildman–Crippen LogP) is 4.20. The molecule has 0 N–H and O–H groups in total. The molecule has 0 saturated heterocycles. The van der Waals surface area contributed by atoms with Gasteiger partial charge in [-0.25, -0.2) is 0 Å². The molecule has 3 nitrogen and oxygen atoms in total. The van der Waals surface area contributed by atoms with Gasteiger partial charge >= 0.3 is 0 Å². The van der Waals surface area contributed by atoms with Gasteiger partial charge in [0.2, 0.25) is 0 Å². The Labute approximate surface area is 124 Å². The van der Waals surface area contributed by atoms with Gasteiger partial charge in [-0.2, -0.15) is 5.26 Å². The number of benzene rings is 1. The number of thiophene rings is 1. The van der Waals surface area contributed by atoms with Gasteiger partial charge < -0.3 is 4.90 Å². The van der Waals surface area contributed by atoms with Gasteiger partial charge in [-0.05, 0) is 18.2 Å². The summed E-state index contributed by atoms with van der Waals surface area (Å²) < 4.78 is 0.798. The van der Waals surface area contributed by atoms with Crippen LogP contribution in [0.5, 0.6) is 0 Å². The Morgan fingerprint density at radius 2 is 2.05 bits per heavy atom. The standard InChI is InChI=1S/C13H8Cl2N2OS/c1-17(10-5-3-2-4-8(10)7-16)13(18)9-6-11(14)19-12(9)15/h2-6H,1H3. The van der Waals surface area contributed by atoms with E-state index in [1.807, 2.05) is 0 Å². The summed E-state index contributed by atoms with van der Waals surface area (Å²) >= 11 is 12.9. The monoisotopic (exact) mass is 310 g/mol. The van der Waals surface area contributed by atoms with E-state index in [1.54, 1.807) is 31.3 Å². The van der Waals surface area contributed by atoms with E-state index in [-0.39, 0.29) is 5.91 Å². The molecular weight excluding hydrogens is 303 g/mol. The summed E-state index contributed by atoms with van der Waals surface area (Å²) in [7, 11) is 1.60. The lowest BCUT2D eigenvalue weighted by Gasteiger charge is -2.18. The molecule has 2 aromatic rings. The number of carbonyl (C=O) groups is 1. The van der Waals surface area contributed by atoms with Crippen LogP contribution in [0.2, 0.25) is 8.67 Å². The Bertz CT molecular complexity index is 676. The van der Waals surface area contributed by atoms with Gasteiger partial charge in [0.05, 0.1) is 21.2 Å². The lowest BCUT2D eigenvalue weighted by molar-refractivity contribution is 0.0993. The molecule has 19 heavy (non-hydrogen) atoms. The summed E-state index contributed by atoms with van der Waals surface area (Å²) in [5.74, 6) is -0.296. The second-order valence-corrected chi connectivity index (χ2v) is 6.02. The molecule has 0 bridgehead atoms. The van der Waals surface area contributed by atoms with Crippen molar-refractivity contribution in [2.75, 3.05) is 11.9 Å². The maximum absolute atomic E-state index is 12.3. The summed E-state index contributed by atoms with van der Waals surface area (Å²) in [4.78, 5) is 13.7. The van der Waals surface area contributed by atoms with E-state index in [4.69, 9.17) is 28.5 Å². The average Bonchev–Trinajstić information content (AvgIpc) is 2.76. The molecule has 2 rings (SSSR count). The van der Waals surface area contributed by atoms with E-state index in [0.717, 1.165) is 11.3 Å². The van der Waals surface area contributed by atoms with Gasteiger partial charge in [0.25, 0.3) is 5.91 Å². The molecule has 96 valence electrons. The molecule has 0 unspecified atom stereocenters. The Balaban J connectivity index is 2.40. The largest absolute Gasteiger partial charge is 0.310 e. The minimum absolute atomic E-state index is 0.296. The van der Waals surface area contributed by atoms with Gasteiger partial charge in [0.15, 0.2) is 0 Å². The predicted molar refractivity (Wildman–Crippen MR) is 78.2 cm³/mol. The third kappa shape index (κ3) is 2.74. The Morgan fingerprint density at radius 3 is 2.63 bits per heavy atom. The zero-order chi connectivity index (χ0) is 14.0. The number of hydrogen-bond donors (Lipinski definition) is 0. The van der Waals surface area contributed by atoms with Gasteiger partial charge in [-0.15, -0.1) is 11.3 Å². The van der Waals surface area contributed by atoms with Gasteiger partial charge in [0.1, 0.15) is 10.4 Å². The van der Waals surface area contributed by atoms with Crippen molar-refractivity contribution in [3.8, 4) is 6.07 Å². The van der Waals surface area contributed by atoms with Gasteiger partial charge in [-0.3, -0.25) is 4.79 Å². The molecule has 0 saturated carbocycles. The van der Waals surface area contributed by atoms with Crippen molar-refractivity contribution in [1.29, 1.82) is 5.26 Å². The molecule has 1 aromatic carbocycles. The highest BCUT2D eigenvalue weighted by atomic mass is 35.5. The van der Waals surface area contributed by atoms with E-state index < -0.39 is 0 Å². The van der Waals surface area contributed by atoms with Crippen LogP contribution in [0, 0.1) is 11.3 Å². The van der Waals surface area contributed by atoms with E-state index in [9.17, 15) is 4.79 Å². The number of hydrogen-bond acceptors (Lipinski definition) is 3. The fraction of sp³-hybridized carbons (Fsp3) is 0.0769. The van der Waals surface area contributed by atoms with Crippen LogP contribution in [0.15, 0.2) is 30.3 Å². The minimum Gasteiger partial charge on any atom is -0.310 e. The summed E-state index contributed by atoms with van der Waals surface area (Å²) in [6, 6.07) is 10.5. The van der Waals surface area contributed by atoms with E-state index in [0.29, 0.717) is 25.5 Å². The number of anilines is 1. The first-order valence-electron chi connectivity index (χ1n) is 5.26. The number of nitrogens with zero attached hydrogens (tertiary/aromatic N) is 2. The molecule has 1 heterocycles. The van der Waals surface area contributed by atoms with E-state index in [2.05, 4.69) is 6.07 Å². The number of nitriles is 1. The molecule has 0 fully saturated rings. The van der Waals surface area contributed by atoms with E-state index in [1.165, 1.54) is 11.0 Å². The van der Waals surface area contributed by atoms with Crippen molar-refractivity contribution in [3.63, 3.8) is 0 Å². The van der Waals surface area contributed by atoms with Crippen LogP contribution in [0.25, 0.3) is 0 Å². The van der Waals surface area contributed by atoms with Crippen LogP contribution in [0.3, 0.4) is 0 Å². The highest BCUT2D eigenvalue weighted by molar-refractivity contribution is 7.20. The third-order valence-corrected chi connectivity index (χ3v) is 4.07. The first-order valence-corrected chi connectivity index (χ1v) is 6.84. The molecule has 0 spiro atoms. The Hall–Kier alpha value is -1.54. The van der Waals surface area contributed by atoms with Crippen molar-refractivity contribution in [2.24, 2.45) is 0 Å². The first kappa shape index (κ1) is 13.9. The molecule has 0 radical (unpaired) electrons. The summed E-state index contributed by atoms with van der Waals surface area (Å²) in [6.07, 6.45) is 0. The topological polar surface area (TPSA) is 44.1 Å². The number of carbonyl (C=O) groups excluding carboxylic acids is 1. The molecule has 1 aromatic heterocycles. The van der Waals surface area contributed by atoms with Crippen LogP contribution in [-0.4, -0.2) is 13.0 Å². The van der Waals surface area contributed by atoms with Crippen LogP contribution < -0.4 is 4.90 Å². The van der Waals surface area contributed by atoms with E-state index >= 15 is 0 Å². The van der Waals surface area contributed by atoms with Gasteiger partial charge in [0, 0.05) is 7.05 Å². The van der Waals surface area contributed by atoms with Crippen molar-refractivity contribution in [1.82, 2.24) is 0 Å². The minimum atomic E-state index is -0.296. The quantitative estimate of drug-likeness (QED) is 0.834. The van der Waals surface area contributed by atoms with Gasteiger partial charge in [-0.1, -0.05) is 35.3 Å². The lowest BCUT2D eigenvalue weighted by atomic mass is 10.1. The summed E-state index contributed by atoms with van der Waals surface area (Å²) in [6.45, 7) is 0. The normalized spacial score (nSPS) is 10.0. The SMILES string of the molecule is CN(C(=O)c1cc(Cl)sc1Cl)c1ccccc1C#N. The van der Waals surface area contributed by atoms with Crippen molar-refractivity contribution in [2.45, 2.75) is 0 Å². The number of amides is 1. The first-order chi connectivity index (χ1) is 9.04. The number of halogens is 2. The zero-order valence-electron chi connectivity index (χ0n) is 9.85. The van der Waals surface area contributed by atoms with Crippen LogP contribution in [-0.2, 0) is 0 Å². The zero-order valence-corrected chi connectivity index (χ0v) is 12.2. The second kappa shape index (κ2) is 5.62. The van der Waals surface area contributed by atoms with Crippen molar-refractivity contribution in [3.05, 3.63) is 50.1 Å². The fourth-order valence-corrected chi connectivity index (χ4v) is 3.08. The molecule has 6 heteroatoms. The number of para-hydroxylation sites is 1. The highest BCUT2D eigenvalue weighted by Crippen LogP contribution is 2.32. The smallest absolute Gasteiger partial charge is 0.260 e. The molecule has 0 aliphatic carbocycles. The van der Waals surface area contributed by atoms with Crippen LogP contribution in [0.4, 0.5) is 5.69 Å². The molecule has 0 aliphatic rings. The maximum atomic E-state index is 12.3. The molecule has 0 atom stereocenters. The Morgan fingerprint density at radius 1 is 1.37 bits per heavy atom. The highest BCUT2D eigenvalue weighted by Gasteiger charge is 2.20. The average molecular weight is 311 g/mol. The van der Waals surface area contributed by atoms with Crippen LogP contribution >= 0.6 is 34.5 Å². The molecule has 1 amide bonds. The number of rotatable bonds is 2. The van der Waals surface area contributed by atoms with Crippen molar-refractivity contribution >= 4 is 46.1 Å².